The molecule has 4 N–H and O–H groups in total. The van der Waals surface area contributed by atoms with Gasteiger partial charge in [-0.25, -0.2) is 0 Å². The number of hydrogen-bond donors (Lipinski definition) is 3. The van der Waals surface area contributed by atoms with Crippen LogP contribution in [0.5, 0.6) is 0 Å². The van der Waals surface area contributed by atoms with Gasteiger partial charge in [-0.1, -0.05) is 0 Å². The number of carbonyl (C=O) groups is 1. The predicted octanol–water partition coefficient (Wildman–Crippen LogP) is 1.93. The molecular weight excluding hydrogens is 284 g/mol. The molecular formula is C15H24N4OS. The third-order valence-corrected chi connectivity index (χ3v) is 5.62. The first-order valence-electron chi connectivity index (χ1n) is 7.66. The van der Waals surface area contributed by atoms with Crippen LogP contribution < -0.4 is 16.4 Å². The molecule has 0 bridgehead atoms. The molecule has 116 valence electrons. The van der Waals surface area contributed by atoms with E-state index in [-0.39, 0.29) is 5.91 Å². The standard InChI is InChI=1S/C15H24N4OS/c1-17-14(20)13-12(16)11(10-3-4-10)15(21-13)18-7-9-5-6-19(2)8-9/h9-10,18H,3-8,16H2,1-2H3,(H,17,20). The minimum absolute atomic E-state index is 0.0759. The molecule has 1 aliphatic heterocycles. The molecule has 1 saturated carbocycles. The van der Waals surface area contributed by atoms with Gasteiger partial charge in [-0.3, -0.25) is 4.79 Å². The van der Waals surface area contributed by atoms with Crippen LogP contribution in [0.25, 0.3) is 0 Å². The van der Waals surface area contributed by atoms with E-state index in [9.17, 15) is 4.79 Å². The summed E-state index contributed by atoms with van der Waals surface area (Å²) >= 11 is 1.51. The van der Waals surface area contributed by atoms with E-state index >= 15 is 0 Å². The first kappa shape index (κ1) is 14.7. The van der Waals surface area contributed by atoms with Gasteiger partial charge in [0.15, 0.2) is 0 Å². The normalized spacial score (nSPS) is 22.5. The summed E-state index contributed by atoms with van der Waals surface area (Å²) in [6, 6.07) is 0. The maximum Gasteiger partial charge on any atom is 0.263 e. The molecule has 1 atom stereocenters. The Morgan fingerprint density at radius 2 is 2.19 bits per heavy atom. The fourth-order valence-corrected chi connectivity index (χ4v) is 4.24. The highest BCUT2D eigenvalue weighted by Gasteiger charge is 2.33. The summed E-state index contributed by atoms with van der Waals surface area (Å²) < 4.78 is 0. The molecule has 0 aromatic carbocycles. The van der Waals surface area contributed by atoms with E-state index in [2.05, 4.69) is 22.6 Å². The van der Waals surface area contributed by atoms with Gasteiger partial charge in [0.25, 0.3) is 5.91 Å². The van der Waals surface area contributed by atoms with Crippen LogP contribution in [-0.4, -0.2) is 44.5 Å². The smallest absolute Gasteiger partial charge is 0.263 e. The molecule has 21 heavy (non-hydrogen) atoms. The van der Waals surface area contributed by atoms with Gasteiger partial charge in [-0.05, 0) is 44.7 Å². The maximum absolute atomic E-state index is 11.9. The van der Waals surface area contributed by atoms with Gasteiger partial charge in [0, 0.05) is 25.7 Å². The van der Waals surface area contributed by atoms with E-state index in [0.717, 1.165) is 18.1 Å². The summed E-state index contributed by atoms with van der Waals surface area (Å²) in [5.41, 5.74) is 8.10. The number of anilines is 2. The Morgan fingerprint density at radius 3 is 2.76 bits per heavy atom. The second-order valence-corrected chi connectivity index (χ2v) is 7.26. The first-order valence-corrected chi connectivity index (χ1v) is 8.48. The highest BCUT2D eigenvalue weighted by molar-refractivity contribution is 7.18. The van der Waals surface area contributed by atoms with Gasteiger partial charge < -0.3 is 21.3 Å². The zero-order valence-corrected chi connectivity index (χ0v) is 13.6. The van der Waals surface area contributed by atoms with Crippen molar-refractivity contribution in [1.29, 1.82) is 0 Å². The lowest BCUT2D eigenvalue weighted by Crippen LogP contribution is -2.19. The van der Waals surface area contributed by atoms with Crippen molar-refractivity contribution in [1.82, 2.24) is 10.2 Å². The van der Waals surface area contributed by atoms with Crippen LogP contribution in [0.15, 0.2) is 0 Å². The molecule has 1 aliphatic carbocycles. The lowest BCUT2D eigenvalue weighted by atomic mass is 10.1. The minimum atomic E-state index is -0.0759. The number of nitrogens with two attached hydrogens (primary N) is 1. The molecule has 5 nitrogen and oxygen atoms in total. The van der Waals surface area contributed by atoms with E-state index in [4.69, 9.17) is 5.73 Å². The Bertz CT molecular complexity index is 538. The molecule has 3 rings (SSSR count). The Balaban J connectivity index is 1.75. The second-order valence-electron chi connectivity index (χ2n) is 6.24. The number of amides is 1. The van der Waals surface area contributed by atoms with Crippen LogP contribution >= 0.6 is 11.3 Å². The molecule has 0 radical (unpaired) electrons. The molecule has 1 aromatic rings. The van der Waals surface area contributed by atoms with Crippen LogP contribution in [0.2, 0.25) is 0 Å². The zero-order chi connectivity index (χ0) is 15.0. The van der Waals surface area contributed by atoms with Crippen LogP contribution in [0, 0.1) is 5.92 Å². The molecule has 6 heteroatoms. The fourth-order valence-electron chi connectivity index (χ4n) is 3.08. The van der Waals surface area contributed by atoms with Crippen molar-refractivity contribution in [3.63, 3.8) is 0 Å². The van der Waals surface area contributed by atoms with Gasteiger partial charge in [0.05, 0.1) is 10.7 Å². The summed E-state index contributed by atoms with van der Waals surface area (Å²) in [6.45, 7) is 3.30. The monoisotopic (exact) mass is 308 g/mol. The summed E-state index contributed by atoms with van der Waals surface area (Å²) in [5.74, 6) is 1.16. The molecule has 2 heterocycles. The molecule has 0 spiro atoms. The number of nitrogens with zero attached hydrogens (tertiary/aromatic N) is 1. The third kappa shape index (κ3) is 3.01. The molecule has 1 saturated heterocycles. The van der Waals surface area contributed by atoms with Crippen molar-refractivity contribution in [2.24, 2.45) is 5.92 Å². The van der Waals surface area contributed by atoms with Gasteiger partial charge in [0.2, 0.25) is 0 Å². The highest BCUT2D eigenvalue weighted by Crippen LogP contribution is 2.50. The zero-order valence-electron chi connectivity index (χ0n) is 12.7. The number of rotatable bonds is 5. The van der Waals surface area contributed by atoms with Gasteiger partial charge in [-0.15, -0.1) is 11.3 Å². The number of nitrogen functional groups attached to an aromatic ring is 1. The lowest BCUT2D eigenvalue weighted by Gasteiger charge is -2.13. The summed E-state index contributed by atoms with van der Waals surface area (Å²) in [6.07, 6.45) is 3.62. The minimum Gasteiger partial charge on any atom is -0.397 e. The lowest BCUT2D eigenvalue weighted by molar-refractivity contribution is 0.0968. The van der Waals surface area contributed by atoms with Crippen LogP contribution in [0.3, 0.4) is 0 Å². The topological polar surface area (TPSA) is 70.4 Å². The second kappa shape index (κ2) is 5.85. The Kier molecular flexibility index (Phi) is 4.08. The Labute approximate surface area is 129 Å². The van der Waals surface area contributed by atoms with Gasteiger partial charge in [0.1, 0.15) is 4.88 Å². The largest absolute Gasteiger partial charge is 0.397 e. The van der Waals surface area contributed by atoms with Gasteiger partial charge >= 0.3 is 0 Å². The average Bonchev–Trinajstić information content (AvgIpc) is 3.13. The number of carbonyl (C=O) groups excluding carboxylic acids is 1. The van der Waals surface area contributed by atoms with E-state index in [1.807, 2.05) is 0 Å². The quantitative estimate of drug-likeness (QED) is 0.777. The molecule has 2 aliphatic rings. The number of thiophene rings is 1. The maximum atomic E-state index is 11.9. The summed E-state index contributed by atoms with van der Waals surface area (Å²) in [7, 11) is 3.82. The number of nitrogens with one attached hydrogen (secondary N) is 2. The van der Waals surface area contributed by atoms with Crippen LogP contribution in [0.4, 0.5) is 10.7 Å². The van der Waals surface area contributed by atoms with Crippen LogP contribution in [0.1, 0.15) is 40.4 Å². The van der Waals surface area contributed by atoms with Crippen molar-refractivity contribution >= 4 is 27.9 Å². The van der Waals surface area contributed by atoms with E-state index in [1.54, 1.807) is 7.05 Å². The van der Waals surface area contributed by atoms with Crippen molar-refractivity contribution in [3.05, 3.63) is 10.4 Å². The van der Waals surface area contributed by atoms with Crippen molar-refractivity contribution in [2.75, 3.05) is 44.8 Å². The third-order valence-electron chi connectivity index (χ3n) is 4.44. The van der Waals surface area contributed by atoms with E-state index in [1.165, 1.54) is 42.7 Å². The molecule has 2 fully saturated rings. The number of likely N-dealkylation sites (tertiary alicyclic amines) is 1. The van der Waals surface area contributed by atoms with Crippen molar-refractivity contribution in [3.8, 4) is 0 Å². The average molecular weight is 308 g/mol. The fraction of sp³-hybridized carbons (Fsp3) is 0.667. The summed E-state index contributed by atoms with van der Waals surface area (Å²) in [4.78, 5) is 15.0. The summed E-state index contributed by atoms with van der Waals surface area (Å²) in [5, 5.41) is 7.37. The predicted molar refractivity (Wildman–Crippen MR) is 88.2 cm³/mol. The van der Waals surface area contributed by atoms with E-state index in [0.29, 0.717) is 22.4 Å². The molecule has 1 unspecified atom stereocenters. The van der Waals surface area contributed by atoms with Crippen LogP contribution in [-0.2, 0) is 0 Å². The van der Waals surface area contributed by atoms with Crippen molar-refractivity contribution < 1.29 is 4.79 Å². The molecule has 1 aromatic heterocycles. The first-order chi connectivity index (χ1) is 10.1. The Morgan fingerprint density at radius 1 is 1.43 bits per heavy atom. The number of hydrogen-bond acceptors (Lipinski definition) is 5. The highest BCUT2D eigenvalue weighted by atomic mass is 32.1. The molecule has 1 amide bonds. The van der Waals surface area contributed by atoms with Crippen molar-refractivity contribution in [2.45, 2.75) is 25.2 Å². The Hall–Kier alpha value is -1.27. The SMILES string of the molecule is CNC(=O)c1sc(NCC2CCN(C)C2)c(C2CC2)c1N. The van der Waals surface area contributed by atoms with Gasteiger partial charge in [-0.2, -0.15) is 0 Å². The van der Waals surface area contributed by atoms with E-state index < -0.39 is 0 Å².